The Balaban J connectivity index is 4.51. The lowest BCUT2D eigenvalue weighted by atomic mass is 10.0. The third-order valence-corrected chi connectivity index (χ3v) is 12.0. The second-order valence-electron chi connectivity index (χ2n) is 18.7. The van der Waals surface area contributed by atoms with E-state index in [1.54, 1.807) is 0 Å². The average Bonchev–Trinajstić information content (AvgIpc) is 3.35. The fourth-order valence-corrected chi connectivity index (χ4v) is 7.71. The molecule has 0 aliphatic rings. The van der Waals surface area contributed by atoms with E-state index in [-0.39, 0.29) is 37.5 Å². The maximum absolute atomic E-state index is 12.9. The highest BCUT2D eigenvalue weighted by Crippen LogP contribution is 2.16. The predicted octanol–water partition coefficient (Wildman–Crippen LogP) is 19.1. The molecule has 0 saturated carbocycles. The molecule has 6 nitrogen and oxygen atoms in total. The first kappa shape index (κ1) is 65.1. The summed E-state index contributed by atoms with van der Waals surface area (Å²) in [6.07, 6.45) is 76.6. The molecule has 0 aromatic heterocycles. The maximum Gasteiger partial charge on any atom is 0.306 e. The van der Waals surface area contributed by atoms with Crippen LogP contribution in [0.5, 0.6) is 0 Å². The molecule has 1 atom stereocenters. The number of rotatable bonds is 50. The van der Waals surface area contributed by atoms with Gasteiger partial charge in [0.1, 0.15) is 13.2 Å². The summed E-state index contributed by atoms with van der Waals surface area (Å²) >= 11 is 0. The van der Waals surface area contributed by atoms with Crippen molar-refractivity contribution in [2.75, 3.05) is 13.2 Å². The molecule has 0 rings (SSSR count). The number of carbonyl (C=O) groups is 3. The van der Waals surface area contributed by atoms with Crippen LogP contribution in [-0.2, 0) is 28.6 Å². The fourth-order valence-electron chi connectivity index (χ4n) is 7.71. The summed E-state index contributed by atoms with van der Waals surface area (Å²) in [4.78, 5) is 38.1. The van der Waals surface area contributed by atoms with Crippen LogP contribution in [0.25, 0.3) is 0 Å². The van der Waals surface area contributed by atoms with Crippen LogP contribution in [0.1, 0.15) is 252 Å². The van der Waals surface area contributed by atoms with Crippen LogP contribution in [0.4, 0.5) is 0 Å². The number of esters is 3. The molecular weight excluding hydrogens is 853 g/mol. The van der Waals surface area contributed by atoms with E-state index in [1.165, 1.54) is 141 Å². The van der Waals surface area contributed by atoms with Gasteiger partial charge in [-0.3, -0.25) is 14.4 Å². The Bertz CT molecular complexity index is 1420. The van der Waals surface area contributed by atoms with E-state index in [0.717, 1.165) is 64.2 Å². The second-order valence-corrected chi connectivity index (χ2v) is 18.7. The van der Waals surface area contributed by atoms with Crippen molar-refractivity contribution in [2.24, 2.45) is 0 Å². The standard InChI is InChI=1S/C63H104O6/c1-4-7-10-13-16-19-22-25-27-29-31-33-35-38-41-44-47-50-53-56-62(65)68-59-60(58-67-61(64)55-52-49-46-43-40-37-24-21-18-15-12-9-6-3)69-63(66)57-54-51-48-45-42-39-36-34-32-30-28-26-23-20-17-14-11-8-5-2/h7,10,13,16,19,22,25,27,29,31,33,35,37-38,40-41,46,49,60H,4-6,8-9,11-12,14-15,17-18,20-21,23-24,26,28,30,32,34,36,39,42-45,47-48,50-59H2,1-3H3/b10-7+,16-13+,22-19+,27-25+,31-29+,35-33+,40-37+,41-38+,49-46+. The molecule has 1 unspecified atom stereocenters. The number of hydrogen-bond donors (Lipinski definition) is 0. The lowest BCUT2D eigenvalue weighted by molar-refractivity contribution is -0.166. The number of allylic oxidation sites excluding steroid dienone is 18. The van der Waals surface area contributed by atoms with Crippen LogP contribution >= 0.6 is 0 Å². The molecule has 0 heterocycles. The molecule has 6 heteroatoms. The Kier molecular flexibility index (Phi) is 53.4. The van der Waals surface area contributed by atoms with Gasteiger partial charge in [0, 0.05) is 19.3 Å². The highest BCUT2D eigenvalue weighted by atomic mass is 16.6. The third-order valence-electron chi connectivity index (χ3n) is 12.0. The molecule has 0 aliphatic carbocycles. The molecule has 0 amide bonds. The van der Waals surface area contributed by atoms with E-state index in [1.807, 2.05) is 79.0 Å². The molecule has 0 bridgehead atoms. The van der Waals surface area contributed by atoms with Crippen molar-refractivity contribution in [1.29, 1.82) is 0 Å². The van der Waals surface area contributed by atoms with Crippen molar-refractivity contribution in [1.82, 2.24) is 0 Å². The highest BCUT2D eigenvalue weighted by Gasteiger charge is 2.19. The number of ether oxygens (including phenoxy) is 3. The van der Waals surface area contributed by atoms with E-state index < -0.39 is 6.10 Å². The summed E-state index contributed by atoms with van der Waals surface area (Å²) < 4.78 is 16.8. The van der Waals surface area contributed by atoms with Gasteiger partial charge in [0.05, 0.1) is 0 Å². The number of hydrogen-bond acceptors (Lipinski definition) is 6. The number of carbonyl (C=O) groups excluding carboxylic acids is 3. The van der Waals surface area contributed by atoms with Crippen LogP contribution in [0.3, 0.4) is 0 Å². The Morgan fingerprint density at radius 2 is 0.652 bits per heavy atom. The average molecular weight is 958 g/mol. The minimum Gasteiger partial charge on any atom is -0.462 e. The molecule has 0 aromatic rings. The van der Waals surface area contributed by atoms with Crippen molar-refractivity contribution < 1.29 is 28.6 Å². The van der Waals surface area contributed by atoms with E-state index >= 15 is 0 Å². The zero-order chi connectivity index (χ0) is 50.0. The van der Waals surface area contributed by atoms with Gasteiger partial charge in [0.2, 0.25) is 0 Å². The van der Waals surface area contributed by atoms with Crippen molar-refractivity contribution in [3.63, 3.8) is 0 Å². The van der Waals surface area contributed by atoms with Crippen LogP contribution in [0, 0.1) is 0 Å². The van der Waals surface area contributed by atoms with Crippen LogP contribution < -0.4 is 0 Å². The summed E-state index contributed by atoms with van der Waals surface area (Å²) in [6.45, 7) is 6.40. The molecule has 0 radical (unpaired) electrons. The summed E-state index contributed by atoms with van der Waals surface area (Å²) in [5.41, 5.74) is 0. The molecule has 0 aromatic carbocycles. The molecule has 0 N–H and O–H groups in total. The van der Waals surface area contributed by atoms with Crippen LogP contribution in [0.2, 0.25) is 0 Å². The molecule has 0 fully saturated rings. The van der Waals surface area contributed by atoms with Crippen molar-refractivity contribution in [3.05, 3.63) is 109 Å². The Morgan fingerprint density at radius 1 is 0.319 bits per heavy atom. The fraction of sp³-hybridized carbons (Fsp3) is 0.667. The summed E-state index contributed by atoms with van der Waals surface area (Å²) in [7, 11) is 0. The Hall–Kier alpha value is -3.93. The van der Waals surface area contributed by atoms with Crippen molar-refractivity contribution in [2.45, 2.75) is 258 Å². The van der Waals surface area contributed by atoms with Gasteiger partial charge in [0.15, 0.2) is 6.10 Å². The first-order chi connectivity index (χ1) is 34.0. The zero-order valence-electron chi connectivity index (χ0n) is 44.8. The largest absolute Gasteiger partial charge is 0.462 e. The lowest BCUT2D eigenvalue weighted by Crippen LogP contribution is -2.30. The third kappa shape index (κ3) is 54.9. The van der Waals surface area contributed by atoms with Gasteiger partial charge >= 0.3 is 17.9 Å². The topological polar surface area (TPSA) is 78.9 Å². The minimum atomic E-state index is -0.820. The molecule has 0 saturated heterocycles. The molecule has 0 spiro atoms. The SMILES string of the molecule is CC/C=C/C=C/C=C/C=C/C=C/C=C/C=C/CCCCCC(=O)OCC(COC(=O)CC/C=C/C/C=C/CCCCCCCC)OC(=O)CCCCCCCCCCCCCCCCCCCCC. The van der Waals surface area contributed by atoms with Gasteiger partial charge < -0.3 is 14.2 Å². The van der Waals surface area contributed by atoms with E-state index in [0.29, 0.717) is 19.3 Å². The quantitative estimate of drug-likeness (QED) is 0.0199. The molecule has 0 aliphatic heterocycles. The van der Waals surface area contributed by atoms with E-state index in [2.05, 4.69) is 51.2 Å². The first-order valence-electron chi connectivity index (χ1n) is 28.5. The monoisotopic (exact) mass is 957 g/mol. The lowest BCUT2D eigenvalue weighted by Gasteiger charge is -2.18. The summed E-state index contributed by atoms with van der Waals surface area (Å²) in [5, 5.41) is 0. The predicted molar refractivity (Wildman–Crippen MR) is 297 cm³/mol. The summed E-state index contributed by atoms with van der Waals surface area (Å²) in [6, 6.07) is 0. The van der Waals surface area contributed by atoms with Gasteiger partial charge in [0.25, 0.3) is 0 Å². The first-order valence-corrected chi connectivity index (χ1v) is 28.5. The van der Waals surface area contributed by atoms with Gasteiger partial charge in [-0.15, -0.1) is 0 Å². The molecule has 69 heavy (non-hydrogen) atoms. The van der Waals surface area contributed by atoms with E-state index in [4.69, 9.17) is 14.2 Å². The van der Waals surface area contributed by atoms with E-state index in [9.17, 15) is 14.4 Å². The van der Waals surface area contributed by atoms with Crippen molar-refractivity contribution in [3.8, 4) is 0 Å². The van der Waals surface area contributed by atoms with Gasteiger partial charge in [-0.05, 0) is 57.8 Å². The second kappa shape index (κ2) is 56.7. The normalized spacial score (nSPS) is 12.9. The zero-order valence-corrected chi connectivity index (χ0v) is 44.8. The van der Waals surface area contributed by atoms with Gasteiger partial charge in [-0.1, -0.05) is 284 Å². The van der Waals surface area contributed by atoms with Crippen LogP contribution in [0.15, 0.2) is 109 Å². The Morgan fingerprint density at radius 3 is 1.10 bits per heavy atom. The smallest absolute Gasteiger partial charge is 0.306 e. The molecule has 392 valence electrons. The highest BCUT2D eigenvalue weighted by molar-refractivity contribution is 5.71. The number of unbranched alkanes of at least 4 members (excludes halogenated alkanes) is 27. The maximum atomic E-state index is 12.9. The van der Waals surface area contributed by atoms with Crippen molar-refractivity contribution >= 4 is 17.9 Å². The van der Waals surface area contributed by atoms with Crippen LogP contribution in [-0.4, -0.2) is 37.2 Å². The summed E-state index contributed by atoms with van der Waals surface area (Å²) in [5.74, 6) is -1.02. The van der Waals surface area contributed by atoms with Gasteiger partial charge in [-0.25, -0.2) is 0 Å². The van der Waals surface area contributed by atoms with Gasteiger partial charge in [-0.2, -0.15) is 0 Å². The Labute approximate surface area is 425 Å². The minimum absolute atomic E-state index is 0.119. The molecular formula is C63H104O6.